The molecule has 0 atom stereocenters. The molecule has 2 aromatic carbocycles. The third-order valence-corrected chi connectivity index (χ3v) is 7.50. The summed E-state index contributed by atoms with van der Waals surface area (Å²) in [6.07, 6.45) is 0.485. The smallest absolute Gasteiger partial charge is 0.211 e. The topological polar surface area (TPSA) is 46.2 Å². The highest BCUT2D eigenvalue weighted by Crippen LogP contribution is 2.39. The van der Waals surface area contributed by atoms with Gasteiger partial charge in [0.25, 0.3) is 0 Å². The average molecular weight is 426 g/mol. The number of Topliss-reactive ketones (excluding diaryl/α,β-unsaturated/α-hetero) is 2. The van der Waals surface area contributed by atoms with Crippen LogP contribution in [-0.2, 0) is 6.42 Å². The molecule has 3 nitrogen and oxygen atoms in total. The van der Waals surface area contributed by atoms with Crippen molar-refractivity contribution in [3.05, 3.63) is 99.4 Å². The van der Waals surface area contributed by atoms with Crippen molar-refractivity contribution in [1.29, 1.82) is 0 Å². The largest absolute Gasteiger partial charge is 0.351 e. The van der Waals surface area contributed by atoms with Gasteiger partial charge >= 0.3 is 0 Å². The standard InChI is InChI=1S/C25H15NO2S2/c27-24-17-12-15(21-3-1-9-29-21)6-5-14(17)11-19(24)23-25(28)18-13-16(7-8-20(18)26-23)22-4-2-10-30-22/h1-10,12-13,26H,11H2/b23-19-. The molecular weight excluding hydrogens is 410 g/mol. The van der Waals surface area contributed by atoms with E-state index in [1.165, 1.54) is 0 Å². The molecule has 4 aromatic rings. The van der Waals surface area contributed by atoms with Gasteiger partial charge in [0.05, 0.1) is 5.70 Å². The minimum atomic E-state index is -0.0990. The van der Waals surface area contributed by atoms with Gasteiger partial charge in [-0.15, -0.1) is 22.7 Å². The molecule has 0 unspecified atom stereocenters. The first kappa shape index (κ1) is 17.6. The van der Waals surface area contributed by atoms with E-state index in [0.717, 1.165) is 32.1 Å². The van der Waals surface area contributed by atoms with E-state index in [2.05, 4.69) is 17.4 Å². The van der Waals surface area contributed by atoms with Crippen LogP contribution in [-0.4, -0.2) is 11.6 Å². The lowest BCUT2D eigenvalue weighted by Crippen LogP contribution is -2.09. The summed E-state index contributed by atoms with van der Waals surface area (Å²) in [6, 6.07) is 20.0. The summed E-state index contributed by atoms with van der Waals surface area (Å²) < 4.78 is 0. The minimum Gasteiger partial charge on any atom is -0.351 e. The van der Waals surface area contributed by atoms with Crippen LogP contribution in [0.2, 0.25) is 0 Å². The molecule has 3 heterocycles. The van der Waals surface area contributed by atoms with E-state index in [-0.39, 0.29) is 11.6 Å². The number of thiophene rings is 2. The number of rotatable bonds is 2. The first-order valence-electron chi connectivity index (χ1n) is 9.63. The van der Waals surface area contributed by atoms with Crippen molar-refractivity contribution >= 4 is 39.9 Å². The number of hydrogen-bond donors (Lipinski definition) is 1. The first-order valence-corrected chi connectivity index (χ1v) is 11.4. The number of carbonyl (C=O) groups excluding carboxylic acids is 2. The first-order chi connectivity index (χ1) is 14.7. The van der Waals surface area contributed by atoms with E-state index >= 15 is 0 Å². The number of ketones is 2. The van der Waals surface area contributed by atoms with Gasteiger partial charge in [-0.3, -0.25) is 9.59 Å². The highest BCUT2D eigenvalue weighted by molar-refractivity contribution is 7.13. The van der Waals surface area contributed by atoms with Crippen LogP contribution in [0.4, 0.5) is 5.69 Å². The van der Waals surface area contributed by atoms with Gasteiger partial charge in [0.15, 0.2) is 5.78 Å². The van der Waals surface area contributed by atoms with Gasteiger partial charge in [-0.25, -0.2) is 0 Å². The number of nitrogens with one attached hydrogen (secondary N) is 1. The van der Waals surface area contributed by atoms with Crippen molar-refractivity contribution < 1.29 is 9.59 Å². The molecule has 0 spiro atoms. The molecular formula is C25H15NO2S2. The lowest BCUT2D eigenvalue weighted by Gasteiger charge is -2.02. The van der Waals surface area contributed by atoms with E-state index in [1.54, 1.807) is 22.7 Å². The molecule has 6 rings (SSSR count). The summed E-state index contributed by atoms with van der Waals surface area (Å²) in [5.41, 5.74) is 6.13. The molecule has 1 aliphatic heterocycles. The summed E-state index contributed by atoms with van der Waals surface area (Å²) in [5.74, 6) is -0.149. The number of fused-ring (bicyclic) bond motifs is 2. The third kappa shape index (κ3) is 2.63. The number of anilines is 1. The number of carbonyl (C=O) groups is 2. The minimum absolute atomic E-state index is 0.0504. The van der Waals surface area contributed by atoms with Gasteiger partial charge in [0, 0.05) is 38.6 Å². The van der Waals surface area contributed by atoms with Crippen LogP contribution in [0.1, 0.15) is 26.3 Å². The molecule has 1 aliphatic carbocycles. The fourth-order valence-electron chi connectivity index (χ4n) is 4.15. The lowest BCUT2D eigenvalue weighted by molar-refractivity contribution is 0.101. The van der Waals surface area contributed by atoms with Gasteiger partial charge in [-0.2, -0.15) is 0 Å². The van der Waals surface area contributed by atoms with E-state index in [0.29, 0.717) is 28.8 Å². The summed E-state index contributed by atoms with van der Waals surface area (Å²) in [6.45, 7) is 0. The predicted molar refractivity (Wildman–Crippen MR) is 123 cm³/mol. The van der Waals surface area contributed by atoms with Crippen LogP contribution < -0.4 is 5.32 Å². The Morgan fingerprint density at radius 1 is 0.733 bits per heavy atom. The van der Waals surface area contributed by atoms with Crippen LogP contribution >= 0.6 is 22.7 Å². The van der Waals surface area contributed by atoms with Crippen LogP contribution in [0.3, 0.4) is 0 Å². The van der Waals surface area contributed by atoms with Crippen LogP contribution in [0.5, 0.6) is 0 Å². The SMILES string of the molecule is O=C1/C(=C2\Nc3ccc(-c4cccs4)cc3C2=O)Cc2ccc(-c3cccs3)cc21. The fraction of sp³-hybridized carbons (Fsp3) is 0.0400. The highest BCUT2D eigenvalue weighted by atomic mass is 32.1. The van der Waals surface area contributed by atoms with Gasteiger partial charge in [-0.05, 0) is 57.8 Å². The monoisotopic (exact) mass is 425 g/mol. The highest BCUT2D eigenvalue weighted by Gasteiger charge is 2.35. The zero-order valence-electron chi connectivity index (χ0n) is 15.8. The van der Waals surface area contributed by atoms with E-state index in [1.807, 2.05) is 59.3 Å². The van der Waals surface area contributed by atoms with Crippen molar-refractivity contribution in [2.45, 2.75) is 6.42 Å². The maximum Gasteiger partial charge on any atom is 0.211 e. The molecule has 2 aliphatic rings. The van der Waals surface area contributed by atoms with Crippen LogP contribution in [0.25, 0.3) is 20.9 Å². The van der Waals surface area contributed by atoms with Gasteiger partial charge in [0.1, 0.15) is 0 Å². The van der Waals surface area contributed by atoms with Gasteiger partial charge in [0.2, 0.25) is 5.78 Å². The Hall–Kier alpha value is -3.28. The third-order valence-electron chi connectivity index (χ3n) is 5.66. The van der Waals surface area contributed by atoms with Crippen molar-refractivity contribution in [1.82, 2.24) is 0 Å². The Labute approximate surface area is 181 Å². The molecule has 0 saturated carbocycles. The Kier molecular flexibility index (Phi) is 3.88. The molecule has 0 amide bonds. The summed E-state index contributed by atoms with van der Waals surface area (Å²) in [4.78, 5) is 28.7. The normalized spacial score (nSPS) is 17.2. The Bertz CT molecular complexity index is 1260. The van der Waals surface area contributed by atoms with Crippen LogP contribution in [0, 0.1) is 0 Å². The molecule has 0 fully saturated rings. The maximum absolute atomic E-state index is 13.2. The average Bonchev–Trinajstić information content (AvgIpc) is 3.56. The molecule has 0 bridgehead atoms. The van der Waals surface area contributed by atoms with E-state index in [9.17, 15) is 9.59 Å². The predicted octanol–water partition coefficient (Wildman–Crippen LogP) is 6.44. The zero-order chi connectivity index (χ0) is 20.2. The van der Waals surface area contributed by atoms with Crippen molar-refractivity contribution in [3.8, 4) is 20.9 Å². The Morgan fingerprint density at radius 2 is 1.40 bits per heavy atom. The molecule has 2 aromatic heterocycles. The van der Waals surface area contributed by atoms with Gasteiger partial charge in [-0.1, -0.05) is 30.3 Å². The molecule has 0 saturated heterocycles. The van der Waals surface area contributed by atoms with Crippen molar-refractivity contribution in [2.24, 2.45) is 0 Å². The van der Waals surface area contributed by atoms with Gasteiger partial charge < -0.3 is 5.32 Å². The van der Waals surface area contributed by atoms with Crippen LogP contribution in [0.15, 0.2) is 82.7 Å². The second-order valence-electron chi connectivity index (χ2n) is 7.40. The van der Waals surface area contributed by atoms with Crippen molar-refractivity contribution in [2.75, 3.05) is 5.32 Å². The summed E-state index contributed by atoms with van der Waals surface area (Å²) in [7, 11) is 0. The second-order valence-corrected chi connectivity index (χ2v) is 9.30. The zero-order valence-corrected chi connectivity index (χ0v) is 17.4. The number of hydrogen-bond acceptors (Lipinski definition) is 5. The van der Waals surface area contributed by atoms with E-state index in [4.69, 9.17) is 0 Å². The molecule has 0 radical (unpaired) electrons. The van der Waals surface area contributed by atoms with E-state index < -0.39 is 0 Å². The second kappa shape index (κ2) is 6.62. The molecule has 5 heteroatoms. The molecule has 1 N–H and O–H groups in total. The van der Waals surface area contributed by atoms with Crippen molar-refractivity contribution in [3.63, 3.8) is 0 Å². The quantitative estimate of drug-likeness (QED) is 0.376. The molecule has 30 heavy (non-hydrogen) atoms. The fourth-order valence-corrected chi connectivity index (χ4v) is 5.60. The summed E-state index contributed by atoms with van der Waals surface area (Å²) in [5, 5.41) is 7.27. The molecule has 144 valence electrons. The lowest BCUT2D eigenvalue weighted by atomic mass is 10.0. The maximum atomic E-state index is 13.2. The summed E-state index contributed by atoms with van der Waals surface area (Å²) >= 11 is 3.30. The number of benzene rings is 2. The Balaban J connectivity index is 1.38. The Morgan fingerprint density at radius 3 is 2.07 bits per heavy atom. The number of allylic oxidation sites excluding steroid dienone is 2.